The molecule has 106 valence electrons. The molecule has 1 N–H and O–H groups in total. The molecule has 0 radical (unpaired) electrons. The van der Waals surface area contributed by atoms with Gasteiger partial charge in [0.2, 0.25) is 0 Å². The van der Waals surface area contributed by atoms with Crippen LogP contribution in [0.4, 0.5) is 4.39 Å². The van der Waals surface area contributed by atoms with Gasteiger partial charge in [0.15, 0.2) is 0 Å². The van der Waals surface area contributed by atoms with Gasteiger partial charge in [-0.3, -0.25) is 4.90 Å². The van der Waals surface area contributed by atoms with Crippen LogP contribution < -0.4 is 5.32 Å². The van der Waals surface area contributed by atoms with Crippen molar-refractivity contribution in [1.29, 1.82) is 0 Å². The zero-order valence-electron chi connectivity index (χ0n) is 12.2. The molecule has 0 aromatic heterocycles. The first-order chi connectivity index (χ1) is 9.06. The Labute approximate surface area is 116 Å². The van der Waals surface area contributed by atoms with Crippen LogP contribution in [0.25, 0.3) is 0 Å². The molecule has 0 saturated carbocycles. The van der Waals surface area contributed by atoms with Gasteiger partial charge < -0.3 is 5.32 Å². The quantitative estimate of drug-likeness (QED) is 0.879. The number of hydrogen-bond acceptors (Lipinski definition) is 2. The van der Waals surface area contributed by atoms with Crippen LogP contribution in [0.1, 0.15) is 37.8 Å². The average molecular weight is 264 g/mol. The van der Waals surface area contributed by atoms with Gasteiger partial charge in [-0.15, -0.1) is 0 Å². The van der Waals surface area contributed by atoms with Crippen LogP contribution >= 0.6 is 0 Å². The predicted octanol–water partition coefficient (Wildman–Crippen LogP) is 3.10. The third-order valence-electron chi connectivity index (χ3n) is 4.03. The molecule has 1 saturated heterocycles. The summed E-state index contributed by atoms with van der Waals surface area (Å²) in [5.74, 6) is -0.136. The van der Waals surface area contributed by atoms with Gasteiger partial charge in [-0.1, -0.05) is 6.07 Å². The molecule has 2 rings (SSSR count). The molecule has 1 fully saturated rings. The molecule has 2 nitrogen and oxygen atoms in total. The molecule has 0 spiro atoms. The maximum atomic E-state index is 13.4. The molecule has 3 heteroatoms. The van der Waals surface area contributed by atoms with Crippen molar-refractivity contribution in [3.05, 3.63) is 35.1 Å². The number of nitrogens with one attached hydrogen (secondary N) is 1. The van der Waals surface area contributed by atoms with E-state index in [1.165, 1.54) is 24.5 Å². The van der Waals surface area contributed by atoms with Gasteiger partial charge in [0.05, 0.1) is 0 Å². The number of nitrogens with zero attached hydrogens (tertiary/aromatic N) is 1. The third-order valence-corrected chi connectivity index (χ3v) is 4.03. The molecule has 1 aromatic rings. The SMILES string of the molecule is Cc1ccc(F)cc1CN(CC1CCCN1)C(C)C. The first kappa shape index (κ1) is 14.5. The molecule has 0 aliphatic carbocycles. The Balaban J connectivity index is 2.04. The van der Waals surface area contributed by atoms with Crippen molar-refractivity contribution in [3.8, 4) is 0 Å². The van der Waals surface area contributed by atoms with E-state index in [1.807, 2.05) is 6.07 Å². The van der Waals surface area contributed by atoms with Crippen LogP contribution in [0.15, 0.2) is 18.2 Å². The highest BCUT2D eigenvalue weighted by molar-refractivity contribution is 5.26. The first-order valence-electron chi connectivity index (χ1n) is 7.28. The summed E-state index contributed by atoms with van der Waals surface area (Å²) in [4.78, 5) is 2.44. The van der Waals surface area contributed by atoms with Gasteiger partial charge in [-0.2, -0.15) is 0 Å². The molecule has 1 aliphatic heterocycles. The normalized spacial score (nSPS) is 19.6. The Bertz CT molecular complexity index is 411. The van der Waals surface area contributed by atoms with Crippen LogP contribution in [0.3, 0.4) is 0 Å². The number of benzene rings is 1. The number of aryl methyl sites for hydroxylation is 1. The monoisotopic (exact) mass is 264 g/mol. The molecule has 1 aromatic carbocycles. The fourth-order valence-corrected chi connectivity index (χ4v) is 2.68. The van der Waals surface area contributed by atoms with Crippen molar-refractivity contribution in [1.82, 2.24) is 10.2 Å². The van der Waals surface area contributed by atoms with Crippen molar-refractivity contribution >= 4 is 0 Å². The minimum absolute atomic E-state index is 0.136. The van der Waals surface area contributed by atoms with Gasteiger partial charge in [0, 0.05) is 25.2 Å². The third kappa shape index (κ3) is 4.02. The van der Waals surface area contributed by atoms with Gasteiger partial charge in [0.1, 0.15) is 5.82 Å². The zero-order valence-corrected chi connectivity index (χ0v) is 12.2. The standard InChI is InChI=1S/C16H25FN2/c1-12(2)19(11-16-5-4-8-18-16)10-14-9-15(17)7-6-13(14)3/h6-7,9,12,16,18H,4-5,8,10-11H2,1-3H3. The van der Waals surface area contributed by atoms with Crippen molar-refractivity contribution in [2.45, 2.75) is 52.2 Å². The summed E-state index contributed by atoms with van der Waals surface area (Å²) < 4.78 is 13.4. The maximum absolute atomic E-state index is 13.4. The molecule has 19 heavy (non-hydrogen) atoms. The van der Waals surface area contributed by atoms with Crippen LogP contribution in [0.2, 0.25) is 0 Å². The fourth-order valence-electron chi connectivity index (χ4n) is 2.68. The van der Waals surface area contributed by atoms with E-state index >= 15 is 0 Å². The smallest absolute Gasteiger partial charge is 0.123 e. The topological polar surface area (TPSA) is 15.3 Å². The van der Waals surface area contributed by atoms with Crippen LogP contribution in [-0.4, -0.2) is 30.1 Å². The lowest BCUT2D eigenvalue weighted by molar-refractivity contribution is 0.193. The van der Waals surface area contributed by atoms with Crippen molar-refractivity contribution < 1.29 is 4.39 Å². The van der Waals surface area contributed by atoms with Crippen LogP contribution in [-0.2, 0) is 6.54 Å². The highest BCUT2D eigenvalue weighted by Gasteiger charge is 2.20. The minimum atomic E-state index is -0.136. The van der Waals surface area contributed by atoms with E-state index in [0.717, 1.165) is 25.2 Å². The highest BCUT2D eigenvalue weighted by atomic mass is 19.1. The summed E-state index contributed by atoms with van der Waals surface area (Å²) in [5, 5.41) is 3.54. The average Bonchev–Trinajstić information content (AvgIpc) is 2.85. The Morgan fingerprint density at radius 2 is 2.21 bits per heavy atom. The Kier molecular flexibility index (Phi) is 4.94. The largest absolute Gasteiger partial charge is 0.313 e. The lowest BCUT2D eigenvalue weighted by Gasteiger charge is -2.30. The molecular formula is C16H25FN2. The molecular weight excluding hydrogens is 239 g/mol. The molecule has 1 unspecified atom stereocenters. The molecule has 1 heterocycles. The molecule has 1 aliphatic rings. The molecule has 1 atom stereocenters. The first-order valence-corrected chi connectivity index (χ1v) is 7.28. The Morgan fingerprint density at radius 1 is 1.42 bits per heavy atom. The molecule has 0 amide bonds. The van der Waals surface area contributed by atoms with E-state index in [9.17, 15) is 4.39 Å². The van der Waals surface area contributed by atoms with Gasteiger partial charge in [-0.05, 0) is 63.4 Å². The molecule has 0 bridgehead atoms. The van der Waals surface area contributed by atoms with Crippen molar-refractivity contribution in [3.63, 3.8) is 0 Å². The Hall–Kier alpha value is -0.930. The zero-order chi connectivity index (χ0) is 13.8. The van der Waals surface area contributed by atoms with Crippen LogP contribution in [0, 0.1) is 12.7 Å². The summed E-state index contributed by atoms with van der Waals surface area (Å²) in [6.07, 6.45) is 2.53. The van der Waals surface area contributed by atoms with E-state index in [0.29, 0.717) is 12.1 Å². The second-order valence-electron chi connectivity index (χ2n) is 5.89. The van der Waals surface area contributed by atoms with Gasteiger partial charge >= 0.3 is 0 Å². The van der Waals surface area contributed by atoms with E-state index < -0.39 is 0 Å². The Morgan fingerprint density at radius 3 is 2.84 bits per heavy atom. The predicted molar refractivity (Wildman–Crippen MR) is 77.7 cm³/mol. The fraction of sp³-hybridized carbons (Fsp3) is 0.625. The maximum Gasteiger partial charge on any atom is 0.123 e. The van der Waals surface area contributed by atoms with Crippen LogP contribution in [0.5, 0.6) is 0 Å². The number of rotatable bonds is 5. The van der Waals surface area contributed by atoms with E-state index in [2.05, 4.69) is 31.0 Å². The second kappa shape index (κ2) is 6.49. The number of hydrogen-bond donors (Lipinski definition) is 1. The number of halogens is 1. The van der Waals surface area contributed by atoms with E-state index in [1.54, 1.807) is 6.07 Å². The lowest BCUT2D eigenvalue weighted by Crippen LogP contribution is -2.40. The summed E-state index contributed by atoms with van der Waals surface area (Å²) in [5.41, 5.74) is 2.28. The van der Waals surface area contributed by atoms with Gasteiger partial charge in [-0.25, -0.2) is 4.39 Å². The summed E-state index contributed by atoms with van der Waals surface area (Å²) >= 11 is 0. The second-order valence-corrected chi connectivity index (χ2v) is 5.89. The van der Waals surface area contributed by atoms with E-state index in [4.69, 9.17) is 0 Å². The summed E-state index contributed by atoms with van der Waals surface area (Å²) in [7, 11) is 0. The highest BCUT2D eigenvalue weighted by Crippen LogP contribution is 2.16. The minimum Gasteiger partial charge on any atom is -0.313 e. The summed E-state index contributed by atoms with van der Waals surface area (Å²) in [6.45, 7) is 9.50. The van der Waals surface area contributed by atoms with Crippen molar-refractivity contribution in [2.75, 3.05) is 13.1 Å². The van der Waals surface area contributed by atoms with Crippen molar-refractivity contribution in [2.24, 2.45) is 0 Å². The summed E-state index contributed by atoms with van der Waals surface area (Å²) in [6, 6.07) is 6.15. The van der Waals surface area contributed by atoms with E-state index in [-0.39, 0.29) is 5.82 Å². The lowest BCUT2D eigenvalue weighted by atomic mass is 10.1. The van der Waals surface area contributed by atoms with Gasteiger partial charge in [0.25, 0.3) is 0 Å².